The molecule has 2 heterocycles. The Morgan fingerprint density at radius 1 is 1.05 bits per heavy atom. The van der Waals surface area contributed by atoms with Crippen LogP contribution in [0.2, 0.25) is 0 Å². The molecule has 0 spiro atoms. The molecular formula is C29H44N4O4. The van der Waals surface area contributed by atoms with Crippen LogP contribution in [0.4, 0.5) is 5.69 Å². The van der Waals surface area contributed by atoms with Gasteiger partial charge in [-0.05, 0) is 43.4 Å². The molecule has 1 saturated heterocycles. The molecule has 1 aromatic carbocycles. The molecule has 1 aliphatic carbocycles. The molecule has 2 fully saturated rings. The van der Waals surface area contributed by atoms with Gasteiger partial charge in [-0.15, -0.1) is 0 Å². The number of nitrogens with one attached hydrogen (secondary N) is 1. The van der Waals surface area contributed by atoms with Crippen LogP contribution < -0.4 is 10.1 Å². The first-order chi connectivity index (χ1) is 18.1. The van der Waals surface area contributed by atoms with E-state index < -0.39 is 0 Å². The average molecular weight is 513 g/mol. The molecule has 37 heavy (non-hydrogen) atoms. The van der Waals surface area contributed by atoms with Gasteiger partial charge < -0.3 is 19.6 Å². The molecular weight excluding hydrogens is 468 g/mol. The van der Waals surface area contributed by atoms with E-state index in [9.17, 15) is 14.7 Å². The third kappa shape index (κ3) is 8.45. The summed E-state index contributed by atoms with van der Waals surface area (Å²) in [6, 6.07) is 5.89. The number of aliphatic hydroxyl groups excluding tert-OH is 1. The molecule has 0 bridgehead atoms. The lowest BCUT2D eigenvalue weighted by molar-refractivity contribution is -0.132. The van der Waals surface area contributed by atoms with Crippen molar-refractivity contribution >= 4 is 23.5 Å². The Balaban J connectivity index is 1.06. The van der Waals surface area contributed by atoms with Gasteiger partial charge in [-0.2, -0.15) is 0 Å². The molecule has 204 valence electrons. The summed E-state index contributed by atoms with van der Waals surface area (Å²) in [6.07, 6.45) is 14.9. The molecule has 8 heteroatoms. The van der Waals surface area contributed by atoms with Crippen molar-refractivity contribution in [2.75, 3.05) is 32.8 Å². The van der Waals surface area contributed by atoms with Crippen LogP contribution in [0.5, 0.6) is 5.75 Å². The molecule has 3 aliphatic rings. The largest absolute Gasteiger partial charge is 0.494 e. The fourth-order valence-electron chi connectivity index (χ4n) is 5.70. The van der Waals surface area contributed by atoms with E-state index in [0.29, 0.717) is 38.6 Å². The van der Waals surface area contributed by atoms with Gasteiger partial charge in [0, 0.05) is 31.6 Å². The first-order valence-electron chi connectivity index (χ1n) is 14.4. The topological polar surface area (TPSA) is 94.5 Å². The highest BCUT2D eigenvalue weighted by molar-refractivity contribution is 6.05. The van der Waals surface area contributed by atoms with E-state index in [-0.39, 0.29) is 18.4 Å². The van der Waals surface area contributed by atoms with Crippen molar-refractivity contribution in [2.24, 2.45) is 10.9 Å². The zero-order chi connectivity index (χ0) is 25.9. The number of fused-ring (bicyclic) bond motifs is 2. The van der Waals surface area contributed by atoms with Crippen LogP contribution in [0.1, 0.15) is 89.0 Å². The third-order valence-electron chi connectivity index (χ3n) is 7.82. The minimum atomic E-state index is -0.0179. The SMILES string of the molecule is O=C1CN2Cc3cc(OCCCCCCC(=O)N(CCO)CCCCC4CCCCC4)ccc3N=C2N1. The number of nitrogens with zero attached hydrogens (tertiary/aromatic N) is 3. The number of benzene rings is 1. The molecule has 2 amide bonds. The summed E-state index contributed by atoms with van der Waals surface area (Å²) in [4.78, 5) is 32.6. The maximum Gasteiger partial charge on any atom is 0.246 e. The minimum Gasteiger partial charge on any atom is -0.494 e. The third-order valence-corrected chi connectivity index (χ3v) is 7.82. The van der Waals surface area contributed by atoms with Gasteiger partial charge in [0.1, 0.15) is 12.3 Å². The van der Waals surface area contributed by atoms with Gasteiger partial charge in [-0.25, -0.2) is 4.99 Å². The zero-order valence-electron chi connectivity index (χ0n) is 22.3. The van der Waals surface area contributed by atoms with Crippen molar-refractivity contribution in [1.29, 1.82) is 0 Å². The smallest absolute Gasteiger partial charge is 0.246 e. The van der Waals surface area contributed by atoms with E-state index in [4.69, 9.17) is 4.74 Å². The maximum atomic E-state index is 12.7. The summed E-state index contributed by atoms with van der Waals surface area (Å²) >= 11 is 0. The zero-order valence-corrected chi connectivity index (χ0v) is 22.3. The summed E-state index contributed by atoms with van der Waals surface area (Å²) in [7, 11) is 0. The highest BCUT2D eigenvalue weighted by atomic mass is 16.5. The van der Waals surface area contributed by atoms with Crippen molar-refractivity contribution in [1.82, 2.24) is 15.1 Å². The second-order valence-corrected chi connectivity index (χ2v) is 10.7. The molecule has 0 radical (unpaired) electrons. The Labute approximate surface area is 221 Å². The molecule has 2 aliphatic heterocycles. The summed E-state index contributed by atoms with van der Waals surface area (Å²) in [6.45, 7) is 2.92. The molecule has 0 unspecified atom stereocenters. The van der Waals surface area contributed by atoms with Crippen LogP contribution in [0.15, 0.2) is 23.2 Å². The Bertz CT molecular complexity index is 928. The highest BCUT2D eigenvalue weighted by Crippen LogP contribution is 2.30. The number of aliphatic hydroxyl groups is 1. The van der Waals surface area contributed by atoms with Gasteiger partial charge in [-0.3, -0.25) is 14.9 Å². The van der Waals surface area contributed by atoms with Crippen LogP contribution in [0.3, 0.4) is 0 Å². The van der Waals surface area contributed by atoms with Gasteiger partial charge in [0.2, 0.25) is 17.8 Å². The quantitative estimate of drug-likeness (QED) is 0.337. The number of aliphatic imine (C=N–C) groups is 1. The number of rotatable bonds is 15. The van der Waals surface area contributed by atoms with Crippen LogP contribution in [-0.2, 0) is 16.1 Å². The lowest BCUT2D eigenvalue weighted by Crippen LogP contribution is -2.34. The van der Waals surface area contributed by atoms with E-state index in [0.717, 1.165) is 61.6 Å². The summed E-state index contributed by atoms with van der Waals surface area (Å²) < 4.78 is 5.95. The van der Waals surface area contributed by atoms with Gasteiger partial charge >= 0.3 is 0 Å². The van der Waals surface area contributed by atoms with Gasteiger partial charge in [-0.1, -0.05) is 57.8 Å². The predicted molar refractivity (Wildman–Crippen MR) is 145 cm³/mol. The van der Waals surface area contributed by atoms with Gasteiger partial charge in [0.25, 0.3) is 0 Å². The fraction of sp³-hybridized carbons (Fsp3) is 0.690. The second-order valence-electron chi connectivity index (χ2n) is 10.7. The van der Waals surface area contributed by atoms with E-state index in [2.05, 4.69) is 10.3 Å². The first-order valence-corrected chi connectivity index (χ1v) is 14.4. The molecule has 0 atom stereocenters. The van der Waals surface area contributed by atoms with E-state index in [1.165, 1.54) is 44.9 Å². The summed E-state index contributed by atoms with van der Waals surface area (Å²) in [5.41, 5.74) is 1.95. The predicted octanol–water partition coefficient (Wildman–Crippen LogP) is 4.52. The highest BCUT2D eigenvalue weighted by Gasteiger charge is 2.29. The van der Waals surface area contributed by atoms with Crippen LogP contribution in [0.25, 0.3) is 0 Å². The van der Waals surface area contributed by atoms with E-state index >= 15 is 0 Å². The second kappa shape index (κ2) is 14.4. The number of carbonyl (C=O) groups excluding carboxylic acids is 2. The average Bonchev–Trinajstić information content (AvgIpc) is 3.27. The lowest BCUT2D eigenvalue weighted by Gasteiger charge is -2.24. The molecule has 1 aromatic rings. The maximum absolute atomic E-state index is 12.7. The molecule has 4 rings (SSSR count). The Hall–Kier alpha value is -2.61. The number of ether oxygens (including phenoxy) is 1. The number of guanidine groups is 1. The molecule has 8 nitrogen and oxygen atoms in total. The summed E-state index contributed by atoms with van der Waals surface area (Å²) in [5, 5.41) is 12.2. The van der Waals surface area contributed by atoms with Crippen molar-refractivity contribution in [3.05, 3.63) is 23.8 Å². The van der Waals surface area contributed by atoms with Crippen molar-refractivity contribution in [2.45, 2.75) is 90.0 Å². The summed E-state index contributed by atoms with van der Waals surface area (Å²) in [5.74, 6) is 2.52. The molecule has 2 N–H and O–H groups in total. The molecule has 0 aromatic heterocycles. The number of carbonyl (C=O) groups is 2. The van der Waals surface area contributed by atoms with Crippen LogP contribution >= 0.6 is 0 Å². The minimum absolute atomic E-state index is 0.0179. The van der Waals surface area contributed by atoms with Crippen LogP contribution in [-0.4, -0.2) is 65.5 Å². The van der Waals surface area contributed by atoms with Crippen LogP contribution in [0, 0.1) is 5.92 Å². The Morgan fingerprint density at radius 3 is 2.73 bits per heavy atom. The number of amides is 2. The first kappa shape index (κ1) is 27.4. The number of hydrogen-bond acceptors (Lipinski definition) is 6. The van der Waals surface area contributed by atoms with E-state index in [1.807, 2.05) is 28.0 Å². The van der Waals surface area contributed by atoms with Crippen molar-refractivity contribution in [3.63, 3.8) is 0 Å². The van der Waals surface area contributed by atoms with Gasteiger partial charge in [0.15, 0.2) is 0 Å². The van der Waals surface area contributed by atoms with Crippen molar-refractivity contribution in [3.8, 4) is 5.75 Å². The standard InChI is InChI=1S/C29H44N4O4/c34-18-17-32(16-8-7-12-23-10-4-3-5-11-23)28(36)13-6-1-2-9-19-37-25-14-15-26-24(20-25)21-33-22-27(35)31-29(33)30-26/h14-15,20,23,34H,1-13,16-19,21-22H2,(H,30,31,35). The monoisotopic (exact) mass is 512 g/mol. The normalized spacial score (nSPS) is 17.2. The van der Waals surface area contributed by atoms with Gasteiger partial charge in [0.05, 0.1) is 18.9 Å². The molecule has 1 saturated carbocycles. The van der Waals surface area contributed by atoms with Crippen molar-refractivity contribution < 1.29 is 19.4 Å². The fourth-order valence-corrected chi connectivity index (χ4v) is 5.70. The van der Waals surface area contributed by atoms with E-state index in [1.54, 1.807) is 0 Å². The lowest BCUT2D eigenvalue weighted by atomic mass is 9.86. The number of hydrogen-bond donors (Lipinski definition) is 2. The number of unbranched alkanes of at least 4 members (excludes halogenated alkanes) is 4. The Kier molecular flexibility index (Phi) is 10.6. The Morgan fingerprint density at radius 2 is 1.89 bits per heavy atom.